The smallest absolute Gasteiger partial charge is 0.0412 e. The van der Waals surface area contributed by atoms with Crippen LogP contribution in [0.25, 0.3) is 0 Å². The minimum Gasteiger partial charge on any atom is -0.0654 e. The van der Waals surface area contributed by atoms with Crippen molar-refractivity contribution in [3.63, 3.8) is 0 Å². The molecule has 0 aromatic heterocycles. The van der Waals surface area contributed by atoms with Crippen LogP contribution in [0, 0.1) is 11.8 Å². The fourth-order valence-corrected chi connectivity index (χ4v) is 3.37. The molecule has 0 aliphatic carbocycles. The van der Waals surface area contributed by atoms with Crippen LogP contribution in [0.4, 0.5) is 0 Å². The van der Waals surface area contributed by atoms with Crippen LogP contribution >= 0.6 is 0 Å². The van der Waals surface area contributed by atoms with Gasteiger partial charge in [-0.3, -0.25) is 0 Å². The van der Waals surface area contributed by atoms with Gasteiger partial charge in [-0.15, -0.1) is 0 Å². The topological polar surface area (TPSA) is 0 Å². The number of hydrogen-bond acceptors (Lipinski definition) is 0. The standard InChI is InChI=1S/C19H40/c1-5-9-10-11-12-13-16-19(15-7-3)17-18(8-4)14-6-2/h18-19H,5-17H2,1-4H3. The van der Waals surface area contributed by atoms with Crippen molar-refractivity contribution in [1.29, 1.82) is 0 Å². The van der Waals surface area contributed by atoms with Crippen molar-refractivity contribution < 1.29 is 0 Å². The zero-order chi connectivity index (χ0) is 14.3. The lowest BCUT2D eigenvalue weighted by Crippen LogP contribution is -2.09. The molecular formula is C19H40. The van der Waals surface area contributed by atoms with E-state index in [1.807, 2.05) is 0 Å². The van der Waals surface area contributed by atoms with Gasteiger partial charge in [0.1, 0.15) is 0 Å². The molecule has 0 aromatic carbocycles. The van der Waals surface area contributed by atoms with Crippen molar-refractivity contribution in [2.45, 2.75) is 111 Å². The highest BCUT2D eigenvalue weighted by Gasteiger charge is 2.14. The molecule has 19 heavy (non-hydrogen) atoms. The Morgan fingerprint density at radius 2 is 1.11 bits per heavy atom. The van der Waals surface area contributed by atoms with Crippen LogP contribution < -0.4 is 0 Å². The number of unbranched alkanes of at least 4 members (excludes halogenated alkanes) is 5. The average Bonchev–Trinajstić information content (AvgIpc) is 2.42. The lowest BCUT2D eigenvalue weighted by molar-refractivity contribution is 0.303. The van der Waals surface area contributed by atoms with Gasteiger partial charge in [0.25, 0.3) is 0 Å². The van der Waals surface area contributed by atoms with Crippen LogP contribution in [0.2, 0.25) is 0 Å². The predicted octanol–water partition coefficient (Wildman–Crippen LogP) is 7.37. The van der Waals surface area contributed by atoms with E-state index in [0.717, 1.165) is 11.8 Å². The van der Waals surface area contributed by atoms with Crippen LogP contribution in [-0.4, -0.2) is 0 Å². The van der Waals surface area contributed by atoms with Gasteiger partial charge in [0.15, 0.2) is 0 Å². The highest BCUT2D eigenvalue weighted by atomic mass is 14.2. The van der Waals surface area contributed by atoms with Gasteiger partial charge in [-0.05, 0) is 18.3 Å². The molecule has 0 nitrogen and oxygen atoms in total. The predicted molar refractivity (Wildman–Crippen MR) is 89.7 cm³/mol. The molecule has 0 saturated carbocycles. The lowest BCUT2D eigenvalue weighted by Gasteiger charge is -2.22. The second-order valence-corrected chi connectivity index (χ2v) is 6.51. The van der Waals surface area contributed by atoms with E-state index in [0.29, 0.717) is 0 Å². The molecule has 0 aliphatic heterocycles. The van der Waals surface area contributed by atoms with E-state index in [-0.39, 0.29) is 0 Å². The van der Waals surface area contributed by atoms with Crippen molar-refractivity contribution in [2.24, 2.45) is 11.8 Å². The van der Waals surface area contributed by atoms with Crippen molar-refractivity contribution in [1.82, 2.24) is 0 Å². The summed E-state index contributed by atoms with van der Waals surface area (Å²) in [5.74, 6) is 2.02. The molecule has 0 saturated heterocycles. The highest BCUT2D eigenvalue weighted by molar-refractivity contribution is 4.66. The summed E-state index contributed by atoms with van der Waals surface area (Å²) in [6.45, 7) is 9.38. The van der Waals surface area contributed by atoms with Crippen molar-refractivity contribution >= 4 is 0 Å². The molecule has 2 atom stereocenters. The monoisotopic (exact) mass is 268 g/mol. The Morgan fingerprint density at radius 1 is 0.526 bits per heavy atom. The third-order valence-electron chi connectivity index (χ3n) is 4.60. The van der Waals surface area contributed by atoms with Crippen molar-refractivity contribution in [3.05, 3.63) is 0 Å². The summed E-state index contributed by atoms with van der Waals surface area (Å²) in [6.07, 6.45) is 18.8. The molecule has 116 valence electrons. The molecule has 0 bridgehead atoms. The SMILES string of the molecule is CCCCCCCCC(CCC)CC(CC)CCC. The summed E-state index contributed by atoms with van der Waals surface area (Å²) in [5.41, 5.74) is 0. The first kappa shape index (κ1) is 19.0. The second kappa shape index (κ2) is 14.4. The van der Waals surface area contributed by atoms with Crippen LogP contribution in [0.15, 0.2) is 0 Å². The van der Waals surface area contributed by atoms with E-state index >= 15 is 0 Å². The summed E-state index contributed by atoms with van der Waals surface area (Å²) in [6, 6.07) is 0. The van der Waals surface area contributed by atoms with Crippen LogP contribution in [0.5, 0.6) is 0 Å². The molecule has 0 aliphatic rings. The van der Waals surface area contributed by atoms with Crippen LogP contribution in [0.1, 0.15) is 111 Å². The second-order valence-electron chi connectivity index (χ2n) is 6.51. The maximum absolute atomic E-state index is 2.38. The van der Waals surface area contributed by atoms with Crippen molar-refractivity contribution in [2.75, 3.05) is 0 Å². The molecule has 0 heteroatoms. The zero-order valence-corrected chi connectivity index (χ0v) is 14.3. The summed E-state index contributed by atoms with van der Waals surface area (Å²) < 4.78 is 0. The molecule has 0 N–H and O–H groups in total. The minimum atomic E-state index is 1.00. The maximum Gasteiger partial charge on any atom is -0.0412 e. The van der Waals surface area contributed by atoms with Gasteiger partial charge in [-0.1, -0.05) is 105 Å². The first-order valence-electron chi connectivity index (χ1n) is 9.28. The van der Waals surface area contributed by atoms with Crippen LogP contribution in [0.3, 0.4) is 0 Å². The first-order valence-corrected chi connectivity index (χ1v) is 9.28. The fraction of sp³-hybridized carbons (Fsp3) is 1.00. The Hall–Kier alpha value is 0. The summed E-state index contributed by atoms with van der Waals surface area (Å²) >= 11 is 0. The van der Waals surface area contributed by atoms with Gasteiger partial charge in [0.05, 0.1) is 0 Å². The molecule has 0 rings (SSSR count). The molecule has 0 spiro atoms. The first-order chi connectivity index (χ1) is 9.28. The van der Waals surface area contributed by atoms with E-state index in [9.17, 15) is 0 Å². The maximum atomic E-state index is 2.38. The molecule has 0 fully saturated rings. The Bertz CT molecular complexity index is 161. The normalized spacial score (nSPS) is 14.5. The van der Waals surface area contributed by atoms with Gasteiger partial charge < -0.3 is 0 Å². The fourth-order valence-electron chi connectivity index (χ4n) is 3.37. The van der Waals surface area contributed by atoms with Gasteiger partial charge in [0, 0.05) is 0 Å². The molecular weight excluding hydrogens is 228 g/mol. The lowest BCUT2D eigenvalue weighted by atomic mass is 9.84. The summed E-state index contributed by atoms with van der Waals surface area (Å²) in [4.78, 5) is 0. The Kier molecular flexibility index (Phi) is 14.4. The van der Waals surface area contributed by atoms with Gasteiger partial charge in [-0.25, -0.2) is 0 Å². The van der Waals surface area contributed by atoms with E-state index in [2.05, 4.69) is 27.7 Å². The minimum absolute atomic E-state index is 1.00. The molecule has 0 amide bonds. The Balaban J connectivity index is 3.77. The quantitative estimate of drug-likeness (QED) is 0.288. The van der Waals surface area contributed by atoms with Gasteiger partial charge >= 0.3 is 0 Å². The highest BCUT2D eigenvalue weighted by Crippen LogP contribution is 2.27. The van der Waals surface area contributed by atoms with E-state index in [4.69, 9.17) is 0 Å². The molecule has 0 radical (unpaired) electrons. The third-order valence-corrected chi connectivity index (χ3v) is 4.60. The average molecular weight is 269 g/mol. The largest absolute Gasteiger partial charge is 0.0654 e. The number of hydrogen-bond donors (Lipinski definition) is 0. The van der Waals surface area contributed by atoms with Crippen molar-refractivity contribution in [3.8, 4) is 0 Å². The van der Waals surface area contributed by atoms with E-state index in [1.54, 1.807) is 0 Å². The molecule has 0 aromatic rings. The Morgan fingerprint density at radius 3 is 1.68 bits per heavy atom. The molecule has 0 heterocycles. The van der Waals surface area contributed by atoms with Gasteiger partial charge in [-0.2, -0.15) is 0 Å². The van der Waals surface area contributed by atoms with Crippen LogP contribution in [-0.2, 0) is 0 Å². The molecule has 2 unspecified atom stereocenters. The summed E-state index contributed by atoms with van der Waals surface area (Å²) in [7, 11) is 0. The number of rotatable bonds is 14. The van der Waals surface area contributed by atoms with Gasteiger partial charge in [0.2, 0.25) is 0 Å². The third kappa shape index (κ3) is 11.5. The summed E-state index contributed by atoms with van der Waals surface area (Å²) in [5, 5.41) is 0. The Labute approximate surface area is 123 Å². The zero-order valence-electron chi connectivity index (χ0n) is 14.3. The van der Waals surface area contributed by atoms with E-state index < -0.39 is 0 Å². The van der Waals surface area contributed by atoms with E-state index in [1.165, 1.54) is 83.5 Å².